The van der Waals surface area contributed by atoms with Crippen LogP contribution in [-0.4, -0.2) is 41.2 Å². The highest BCUT2D eigenvalue weighted by atomic mass is 16.5. The number of ether oxygens (including phenoxy) is 1. The number of hydrogen-bond donors (Lipinski definition) is 1. The van der Waals surface area contributed by atoms with E-state index in [4.69, 9.17) is 9.26 Å². The van der Waals surface area contributed by atoms with Gasteiger partial charge >= 0.3 is 0 Å². The van der Waals surface area contributed by atoms with Crippen LogP contribution >= 0.6 is 0 Å². The number of methoxy groups -OCH3 is 1. The molecule has 2 aromatic heterocycles. The Hall–Kier alpha value is -3.42. The Morgan fingerprint density at radius 1 is 1.16 bits per heavy atom. The van der Waals surface area contributed by atoms with Gasteiger partial charge < -0.3 is 19.5 Å². The number of pyridine rings is 1. The van der Waals surface area contributed by atoms with Gasteiger partial charge in [-0.2, -0.15) is 4.98 Å². The van der Waals surface area contributed by atoms with Gasteiger partial charge in [-0.3, -0.25) is 4.79 Å². The van der Waals surface area contributed by atoms with Gasteiger partial charge in [0.1, 0.15) is 11.6 Å². The normalized spacial score (nSPS) is 18.8. The molecule has 1 aliphatic carbocycles. The Labute approximate surface area is 187 Å². The molecule has 3 heterocycles. The number of amides is 1. The van der Waals surface area contributed by atoms with Gasteiger partial charge in [-0.1, -0.05) is 11.6 Å². The number of benzene rings is 1. The van der Waals surface area contributed by atoms with Gasteiger partial charge in [-0.05, 0) is 62.1 Å². The van der Waals surface area contributed by atoms with Gasteiger partial charge in [0.15, 0.2) is 0 Å². The molecule has 1 N–H and O–H groups in total. The molecule has 2 fully saturated rings. The first-order valence-electron chi connectivity index (χ1n) is 11.2. The fraction of sp³-hybridized carbons (Fsp3) is 0.417. The first kappa shape index (κ1) is 20.5. The highest BCUT2D eigenvalue weighted by molar-refractivity contribution is 5.93. The third kappa shape index (κ3) is 4.17. The summed E-state index contributed by atoms with van der Waals surface area (Å²) in [5.41, 5.74) is 1.61. The quantitative estimate of drug-likeness (QED) is 0.621. The number of rotatable bonds is 6. The second kappa shape index (κ2) is 8.98. The van der Waals surface area contributed by atoms with Crippen molar-refractivity contribution in [1.82, 2.24) is 15.1 Å². The van der Waals surface area contributed by atoms with Crippen LogP contribution in [0.3, 0.4) is 0 Å². The molecule has 5 rings (SSSR count). The van der Waals surface area contributed by atoms with E-state index in [9.17, 15) is 4.79 Å². The maximum Gasteiger partial charge on any atom is 0.230 e. The number of anilines is 2. The molecule has 1 amide bonds. The van der Waals surface area contributed by atoms with E-state index in [1.807, 2.05) is 36.4 Å². The molecule has 2 aliphatic rings. The lowest BCUT2D eigenvalue weighted by atomic mass is 9.85. The zero-order valence-corrected chi connectivity index (χ0v) is 18.2. The number of carbonyl (C=O) groups excluding carboxylic acids is 1. The molecule has 1 saturated heterocycles. The van der Waals surface area contributed by atoms with E-state index in [-0.39, 0.29) is 11.8 Å². The van der Waals surface area contributed by atoms with E-state index in [2.05, 4.69) is 25.3 Å². The molecule has 32 heavy (non-hydrogen) atoms. The van der Waals surface area contributed by atoms with Crippen LogP contribution in [0.4, 0.5) is 11.5 Å². The topological polar surface area (TPSA) is 93.4 Å². The molecule has 0 bridgehead atoms. The van der Waals surface area contributed by atoms with Crippen LogP contribution in [0.5, 0.6) is 5.75 Å². The van der Waals surface area contributed by atoms with Crippen molar-refractivity contribution < 1.29 is 14.1 Å². The van der Waals surface area contributed by atoms with Gasteiger partial charge in [-0.25, -0.2) is 4.98 Å². The smallest absolute Gasteiger partial charge is 0.230 e. The van der Waals surface area contributed by atoms with Gasteiger partial charge in [0, 0.05) is 30.9 Å². The van der Waals surface area contributed by atoms with Crippen molar-refractivity contribution in [2.45, 2.75) is 38.0 Å². The molecule has 1 atom stereocenters. The van der Waals surface area contributed by atoms with Gasteiger partial charge in [0.2, 0.25) is 17.6 Å². The number of carbonyl (C=O) groups is 1. The van der Waals surface area contributed by atoms with E-state index in [1.54, 1.807) is 13.3 Å². The average Bonchev–Trinajstić information content (AvgIpc) is 3.28. The van der Waals surface area contributed by atoms with E-state index in [1.165, 1.54) is 6.42 Å². The second-order valence-corrected chi connectivity index (χ2v) is 8.46. The molecule has 166 valence electrons. The molecule has 8 nitrogen and oxygen atoms in total. The summed E-state index contributed by atoms with van der Waals surface area (Å²) in [7, 11) is 1.62. The van der Waals surface area contributed by atoms with Crippen molar-refractivity contribution in [3.8, 4) is 17.1 Å². The van der Waals surface area contributed by atoms with E-state index < -0.39 is 0 Å². The summed E-state index contributed by atoms with van der Waals surface area (Å²) in [5.74, 6) is 3.13. The Morgan fingerprint density at radius 3 is 2.75 bits per heavy atom. The lowest BCUT2D eigenvalue weighted by Gasteiger charge is -2.33. The Kier molecular flexibility index (Phi) is 5.75. The summed E-state index contributed by atoms with van der Waals surface area (Å²) in [6.45, 7) is 1.43. The molecular weight excluding hydrogens is 406 g/mol. The molecule has 1 aliphatic heterocycles. The summed E-state index contributed by atoms with van der Waals surface area (Å²) < 4.78 is 10.7. The van der Waals surface area contributed by atoms with Crippen molar-refractivity contribution in [1.29, 1.82) is 0 Å². The second-order valence-electron chi connectivity index (χ2n) is 8.46. The fourth-order valence-corrected chi connectivity index (χ4v) is 4.29. The van der Waals surface area contributed by atoms with Gasteiger partial charge in [0.05, 0.1) is 18.6 Å². The summed E-state index contributed by atoms with van der Waals surface area (Å²) in [5, 5.41) is 7.26. The molecule has 0 radical (unpaired) electrons. The summed E-state index contributed by atoms with van der Waals surface area (Å²) >= 11 is 0. The summed E-state index contributed by atoms with van der Waals surface area (Å²) in [4.78, 5) is 24.4. The van der Waals surface area contributed by atoms with Crippen molar-refractivity contribution in [2.75, 3.05) is 30.4 Å². The molecule has 3 aromatic rings. The lowest BCUT2D eigenvalue weighted by Crippen LogP contribution is -2.41. The third-order valence-corrected chi connectivity index (χ3v) is 6.37. The maximum atomic E-state index is 12.9. The molecule has 0 spiro atoms. The third-order valence-electron chi connectivity index (χ3n) is 6.37. The molecule has 0 unspecified atom stereocenters. The summed E-state index contributed by atoms with van der Waals surface area (Å²) in [6.07, 6.45) is 6.96. The number of piperidine rings is 1. The number of aromatic nitrogens is 3. The minimum absolute atomic E-state index is 0.0178. The van der Waals surface area contributed by atoms with Crippen LogP contribution in [0.2, 0.25) is 0 Å². The number of nitrogens with zero attached hydrogens (tertiary/aromatic N) is 4. The fourth-order valence-electron chi connectivity index (χ4n) is 4.29. The molecule has 1 aromatic carbocycles. The van der Waals surface area contributed by atoms with E-state index in [0.717, 1.165) is 60.9 Å². The predicted octanol–water partition coefficient (Wildman–Crippen LogP) is 4.26. The predicted molar refractivity (Wildman–Crippen MR) is 121 cm³/mol. The first-order valence-corrected chi connectivity index (χ1v) is 11.2. The monoisotopic (exact) mass is 433 g/mol. The Bertz CT molecular complexity index is 1080. The lowest BCUT2D eigenvalue weighted by molar-refractivity contribution is -0.120. The molecule has 8 heteroatoms. The zero-order valence-electron chi connectivity index (χ0n) is 18.2. The van der Waals surface area contributed by atoms with Crippen LogP contribution in [0.25, 0.3) is 11.4 Å². The van der Waals surface area contributed by atoms with E-state index in [0.29, 0.717) is 18.3 Å². The van der Waals surface area contributed by atoms with Crippen molar-refractivity contribution >= 4 is 17.4 Å². The number of hydrogen-bond acceptors (Lipinski definition) is 7. The first-order chi connectivity index (χ1) is 15.7. The van der Waals surface area contributed by atoms with Crippen LogP contribution in [0, 0.1) is 5.92 Å². The van der Waals surface area contributed by atoms with Crippen molar-refractivity contribution in [3.05, 3.63) is 48.5 Å². The van der Waals surface area contributed by atoms with Crippen molar-refractivity contribution in [2.24, 2.45) is 5.92 Å². The molecular formula is C24H27N5O3. The summed E-state index contributed by atoms with van der Waals surface area (Å²) in [6, 6.07) is 11.2. The largest absolute Gasteiger partial charge is 0.497 e. The molecule has 1 saturated carbocycles. The Balaban J connectivity index is 1.31. The number of nitrogens with one attached hydrogen (secondary N) is 1. The van der Waals surface area contributed by atoms with Gasteiger partial charge in [0.25, 0.3) is 0 Å². The van der Waals surface area contributed by atoms with Crippen LogP contribution in [0.15, 0.2) is 47.1 Å². The highest BCUT2D eigenvalue weighted by Crippen LogP contribution is 2.37. The average molecular weight is 434 g/mol. The SMILES string of the molecule is COc1ccc(NC(=O)[C@@H]2CCCN(c3ncccc3-c3noc(C4CCC4)n3)C2)cc1. The van der Waals surface area contributed by atoms with Crippen LogP contribution < -0.4 is 15.0 Å². The van der Waals surface area contributed by atoms with Crippen molar-refractivity contribution in [3.63, 3.8) is 0 Å². The Morgan fingerprint density at radius 2 is 2.00 bits per heavy atom. The minimum Gasteiger partial charge on any atom is -0.497 e. The highest BCUT2D eigenvalue weighted by Gasteiger charge is 2.30. The zero-order chi connectivity index (χ0) is 21.9. The minimum atomic E-state index is -0.128. The standard InChI is InChI=1S/C24H27N5O3/c1-31-19-11-9-18(10-12-19)26-23(30)17-7-4-14-29(15-17)22-20(8-3-13-25-22)21-27-24(32-28-21)16-5-2-6-16/h3,8-13,16-17H,2,4-7,14-15H2,1H3,(H,26,30)/t17-/m1/s1. The van der Waals surface area contributed by atoms with Crippen LogP contribution in [-0.2, 0) is 4.79 Å². The maximum absolute atomic E-state index is 12.9. The van der Waals surface area contributed by atoms with Crippen LogP contribution in [0.1, 0.15) is 43.9 Å². The van der Waals surface area contributed by atoms with E-state index >= 15 is 0 Å². The van der Waals surface area contributed by atoms with Gasteiger partial charge in [-0.15, -0.1) is 0 Å².